The van der Waals surface area contributed by atoms with E-state index in [4.69, 9.17) is 0 Å². The number of aromatic nitrogens is 4. The predicted octanol–water partition coefficient (Wildman–Crippen LogP) is 3.17. The highest BCUT2D eigenvalue weighted by Crippen LogP contribution is 2.27. The molecule has 0 aliphatic heterocycles. The van der Waals surface area contributed by atoms with Gasteiger partial charge in [-0.1, -0.05) is 17.8 Å². The fraction of sp³-hybridized carbons (Fsp3) is 0.294. The Morgan fingerprint density at radius 3 is 2.76 bits per heavy atom. The van der Waals surface area contributed by atoms with Crippen molar-refractivity contribution in [2.45, 2.75) is 25.2 Å². The molecule has 0 aliphatic rings. The lowest BCUT2D eigenvalue weighted by Gasteiger charge is -2.16. The number of thioether (sulfide) groups is 1. The van der Waals surface area contributed by atoms with Crippen LogP contribution in [0.3, 0.4) is 0 Å². The summed E-state index contributed by atoms with van der Waals surface area (Å²) >= 11 is 3.06. The Labute approximate surface area is 154 Å². The van der Waals surface area contributed by atoms with E-state index >= 15 is 0 Å². The number of hydrogen-bond acceptors (Lipinski definition) is 6. The summed E-state index contributed by atoms with van der Waals surface area (Å²) < 4.78 is 2.05. The number of pyridine rings is 1. The van der Waals surface area contributed by atoms with E-state index in [1.165, 1.54) is 11.8 Å². The molecule has 3 rings (SSSR count). The fourth-order valence-corrected chi connectivity index (χ4v) is 4.02. The molecule has 0 atom stereocenters. The first kappa shape index (κ1) is 17.6. The summed E-state index contributed by atoms with van der Waals surface area (Å²) in [5, 5.41) is 11.3. The number of thiophene rings is 1. The highest BCUT2D eigenvalue weighted by molar-refractivity contribution is 7.99. The van der Waals surface area contributed by atoms with Crippen molar-refractivity contribution in [2.75, 3.05) is 12.8 Å². The van der Waals surface area contributed by atoms with Crippen LogP contribution in [-0.4, -0.2) is 43.4 Å². The average Bonchev–Trinajstić information content (AvgIpc) is 3.29. The molecule has 130 valence electrons. The molecule has 0 fully saturated rings. The SMILES string of the molecule is CCn1c(SCC(=O)N(C)Cc2ccncc2)nnc1-c1cccs1. The predicted molar refractivity (Wildman–Crippen MR) is 100 cm³/mol. The third-order valence-corrected chi connectivity index (χ3v) is 5.51. The number of rotatable bonds is 7. The van der Waals surface area contributed by atoms with Gasteiger partial charge in [0.05, 0.1) is 10.6 Å². The third-order valence-electron chi connectivity index (χ3n) is 3.69. The number of hydrogen-bond donors (Lipinski definition) is 0. The Bertz CT molecular complexity index is 817. The first-order valence-electron chi connectivity index (χ1n) is 7.91. The Kier molecular flexibility index (Phi) is 5.83. The van der Waals surface area contributed by atoms with Crippen molar-refractivity contribution in [3.05, 3.63) is 47.6 Å². The molecule has 0 saturated carbocycles. The third kappa shape index (κ3) is 4.26. The molecule has 3 heterocycles. The topological polar surface area (TPSA) is 63.9 Å². The lowest BCUT2D eigenvalue weighted by atomic mass is 10.2. The summed E-state index contributed by atoms with van der Waals surface area (Å²) in [5.41, 5.74) is 1.06. The van der Waals surface area contributed by atoms with Crippen molar-refractivity contribution in [2.24, 2.45) is 0 Å². The minimum Gasteiger partial charge on any atom is -0.341 e. The summed E-state index contributed by atoms with van der Waals surface area (Å²) in [5.74, 6) is 1.26. The van der Waals surface area contributed by atoms with Gasteiger partial charge >= 0.3 is 0 Å². The van der Waals surface area contributed by atoms with Crippen LogP contribution in [0.2, 0.25) is 0 Å². The molecule has 1 amide bonds. The number of nitrogens with zero attached hydrogens (tertiary/aromatic N) is 5. The molecular weight excluding hydrogens is 354 g/mol. The summed E-state index contributed by atoms with van der Waals surface area (Å²) in [4.78, 5) is 19.2. The average molecular weight is 374 g/mol. The van der Waals surface area contributed by atoms with Gasteiger partial charge in [-0.15, -0.1) is 21.5 Å². The molecule has 0 spiro atoms. The zero-order valence-electron chi connectivity index (χ0n) is 14.1. The Morgan fingerprint density at radius 1 is 1.28 bits per heavy atom. The van der Waals surface area contributed by atoms with E-state index in [1.807, 2.05) is 41.3 Å². The van der Waals surface area contributed by atoms with Crippen LogP contribution in [0, 0.1) is 0 Å². The van der Waals surface area contributed by atoms with E-state index in [2.05, 4.69) is 22.1 Å². The standard InChI is InChI=1S/C17H19N5OS2/c1-3-22-16(14-5-4-10-24-14)19-20-17(22)25-12-15(23)21(2)11-13-6-8-18-9-7-13/h4-10H,3,11-12H2,1-2H3. The van der Waals surface area contributed by atoms with Gasteiger partial charge in [0.25, 0.3) is 0 Å². The summed E-state index contributed by atoms with van der Waals surface area (Å²) in [6, 6.07) is 7.86. The fourth-order valence-electron chi connectivity index (χ4n) is 2.36. The molecule has 8 heteroatoms. The van der Waals surface area contributed by atoms with Gasteiger partial charge in [-0.2, -0.15) is 0 Å². The largest absolute Gasteiger partial charge is 0.341 e. The van der Waals surface area contributed by atoms with Crippen LogP contribution in [0.4, 0.5) is 0 Å². The minimum absolute atomic E-state index is 0.0603. The molecule has 3 aromatic rings. The van der Waals surface area contributed by atoms with Crippen molar-refractivity contribution in [3.8, 4) is 10.7 Å². The van der Waals surface area contributed by atoms with Gasteiger partial charge in [-0.3, -0.25) is 9.78 Å². The Morgan fingerprint density at radius 2 is 2.08 bits per heavy atom. The second kappa shape index (κ2) is 8.26. The van der Waals surface area contributed by atoms with Crippen LogP contribution in [0.5, 0.6) is 0 Å². The van der Waals surface area contributed by atoms with E-state index in [1.54, 1.807) is 28.6 Å². The molecule has 6 nitrogen and oxygen atoms in total. The number of carbonyl (C=O) groups excluding carboxylic acids is 1. The van der Waals surface area contributed by atoms with Crippen LogP contribution in [0.1, 0.15) is 12.5 Å². The van der Waals surface area contributed by atoms with Crippen LogP contribution in [0.25, 0.3) is 10.7 Å². The zero-order chi connectivity index (χ0) is 17.6. The van der Waals surface area contributed by atoms with Crippen LogP contribution in [0.15, 0.2) is 47.2 Å². The van der Waals surface area contributed by atoms with Crippen molar-refractivity contribution in [3.63, 3.8) is 0 Å². The summed E-state index contributed by atoms with van der Waals surface area (Å²) in [6.07, 6.45) is 3.47. The first-order valence-corrected chi connectivity index (χ1v) is 9.78. The molecule has 0 saturated heterocycles. The lowest BCUT2D eigenvalue weighted by molar-refractivity contribution is -0.127. The van der Waals surface area contributed by atoms with Crippen LogP contribution < -0.4 is 0 Å². The van der Waals surface area contributed by atoms with Crippen molar-refractivity contribution >= 4 is 29.0 Å². The van der Waals surface area contributed by atoms with E-state index in [0.717, 1.165) is 28.0 Å². The number of amides is 1. The second-order valence-corrected chi connectivity index (χ2v) is 7.31. The van der Waals surface area contributed by atoms with Crippen LogP contribution in [-0.2, 0) is 17.9 Å². The highest BCUT2D eigenvalue weighted by Gasteiger charge is 2.16. The van der Waals surface area contributed by atoms with Gasteiger partial charge < -0.3 is 9.47 Å². The number of carbonyl (C=O) groups is 1. The van der Waals surface area contributed by atoms with Crippen molar-refractivity contribution in [1.29, 1.82) is 0 Å². The van der Waals surface area contributed by atoms with Gasteiger partial charge in [-0.05, 0) is 36.1 Å². The molecule has 0 unspecified atom stereocenters. The Hall–Kier alpha value is -2.19. The highest BCUT2D eigenvalue weighted by atomic mass is 32.2. The van der Waals surface area contributed by atoms with Crippen molar-refractivity contribution < 1.29 is 4.79 Å². The minimum atomic E-state index is 0.0603. The molecule has 0 bridgehead atoms. The van der Waals surface area contributed by atoms with Gasteiger partial charge in [0.1, 0.15) is 0 Å². The maximum Gasteiger partial charge on any atom is 0.233 e. The van der Waals surface area contributed by atoms with Gasteiger partial charge in [0.15, 0.2) is 11.0 Å². The van der Waals surface area contributed by atoms with Gasteiger partial charge in [0, 0.05) is 32.5 Å². The van der Waals surface area contributed by atoms with Gasteiger partial charge in [-0.25, -0.2) is 0 Å². The molecule has 25 heavy (non-hydrogen) atoms. The smallest absolute Gasteiger partial charge is 0.233 e. The van der Waals surface area contributed by atoms with E-state index in [0.29, 0.717) is 12.3 Å². The van der Waals surface area contributed by atoms with E-state index in [9.17, 15) is 4.79 Å². The van der Waals surface area contributed by atoms with E-state index < -0.39 is 0 Å². The molecule has 3 aromatic heterocycles. The van der Waals surface area contributed by atoms with Gasteiger partial charge in [0.2, 0.25) is 5.91 Å². The maximum atomic E-state index is 12.4. The quantitative estimate of drug-likeness (QED) is 0.595. The Balaban J connectivity index is 1.62. The summed E-state index contributed by atoms with van der Waals surface area (Å²) in [7, 11) is 1.81. The molecule has 0 radical (unpaired) electrons. The molecular formula is C17H19N5OS2. The molecule has 0 aliphatic carbocycles. The van der Waals surface area contributed by atoms with Crippen LogP contribution >= 0.6 is 23.1 Å². The first-order chi connectivity index (χ1) is 12.2. The maximum absolute atomic E-state index is 12.4. The van der Waals surface area contributed by atoms with Crippen molar-refractivity contribution in [1.82, 2.24) is 24.6 Å². The normalized spacial score (nSPS) is 10.8. The summed E-state index contributed by atoms with van der Waals surface area (Å²) in [6.45, 7) is 3.40. The van der Waals surface area contributed by atoms with E-state index in [-0.39, 0.29) is 5.91 Å². The molecule has 0 N–H and O–H groups in total. The second-order valence-electron chi connectivity index (χ2n) is 5.42. The zero-order valence-corrected chi connectivity index (χ0v) is 15.8. The monoisotopic (exact) mass is 373 g/mol. The lowest BCUT2D eigenvalue weighted by Crippen LogP contribution is -2.27. The molecule has 0 aromatic carbocycles.